The molecule has 0 saturated heterocycles. The Hall–Kier alpha value is -2.59. The fourth-order valence-electron chi connectivity index (χ4n) is 4.00. The molecule has 29 heavy (non-hydrogen) atoms. The number of hydrogen-bond donors (Lipinski definition) is 0. The van der Waals surface area contributed by atoms with Gasteiger partial charge >= 0.3 is 11.6 Å². The predicted molar refractivity (Wildman–Crippen MR) is 101 cm³/mol. The van der Waals surface area contributed by atoms with Crippen LogP contribution in [0, 0.1) is 5.82 Å². The van der Waals surface area contributed by atoms with E-state index in [-0.39, 0.29) is 17.0 Å². The van der Waals surface area contributed by atoms with Crippen LogP contribution in [0.2, 0.25) is 0 Å². The van der Waals surface area contributed by atoms with Crippen LogP contribution in [0.15, 0.2) is 33.9 Å². The number of rotatable bonds is 3. The standard InChI is InChI=1S/C19H23F3N4O3/c1-23(2)19(24(3)4)18(21,22)14(11-7-9-12(20)10-8-11)13-15(27)25(5)17(28)26(6)16(13)29-19/h7-10,14H,1-6H3. The van der Waals surface area contributed by atoms with Crippen LogP contribution >= 0.6 is 0 Å². The summed E-state index contributed by atoms with van der Waals surface area (Å²) in [5.41, 5.74) is -1.92. The van der Waals surface area contributed by atoms with Crippen molar-refractivity contribution in [3.8, 4) is 5.88 Å². The van der Waals surface area contributed by atoms with Crippen LogP contribution in [0.4, 0.5) is 13.2 Å². The van der Waals surface area contributed by atoms with Crippen molar-refractivity contribution in [3.05, 3.63) is 62.0 Å². The minimum Gasteiger partial charge on any atom is -0.436 e. The Balaban J connectivity index is 2.50. The van der Waals surface area contributed by atoms with Gasteiger partial charge in [-0.15, -0.1) is 0 Å². The van der Waals surface area contributed by atoms with Gasteiger partial charge in [0.05, 0.1) is 11.5 Å². The van der Waals surface area contributed by atoms with E-state index in [9.17, 15) is 14.0 Å². The zero-order chi connectivity index (χ0) is 21.9. The highest BCUT2D eigenvalue weighted by atomic mass is 19.3. The van der Waals surface area contributed by atoms with Crippen molar-refractivity contribution in [1.29, 1.82) is 0 Å². The lowest BCUT2D eigenvalue weighted by Crippen LogP contribution is -2.74. The first kappa shape index (κ1) is 21.1. The van der Waals surface area contributed by atoms with E-state index in [4.69, 9.17) is 4.74 Å². The number of benzene rings is 1. The predicted octanol–water partition coefficient (Wildman–Crippen LogP) is 1.16. The summed E-state index contributed by atoms with van der Waals surface area (Å²) in [6.45, 7) is 0. The smallest absolute Gasteiger partial charge is 0.333 e. The molecule has 0 saturated carbocycles. The van der Waals surface area contributed by atoms with Gasteiger partial charge in [0.1, 0.15) is 5.82 Å². The van der Waals surface area contributed by atoms with Gasteiger partial charge in [0, 0.05) is 14.1 Å². The van der Waals surface area contributed by atoms with Gasteiger partial charge in [-0.2, -0.15) is 8.78 Å². The van der Waals surface area contributed by atoms with Gasteiger partial charge < -0.3 is 4.74 Å². The highest BCUT2D eigenvalue weighted by Crippen LogP contribution is 2.53. The molecule has 1 atom stereocenters. The first-order valence-electron chi connectivity index (χ1n) is 8.85. The summed E-state index contributed by atoms with van der Waals surface area (Å²) in [7, 11) is 8.23. The van der Waals surface area contributed by atoms with Crippen LogP contribution in [0.3, 0.4) is 0 Å². The fourth-order valence-corrected chi connectivity index (χ4v) is 4.00. The summed E-state index contributed by atoms with van der Waals surface area (Å²) in [4.78, 5) is 27.7. The summed E-state index contributed by atoms with van der Waals surface area (Å²) in [5.74, 6) is -8.59. The van der Waals surface area contributed by atoms with Crippen molar-refractivity contribution < 1.29 is 17.9 Å². The number of hydrogen-bond acceptors (Lipinski definition) is 5. The first-order chi connectivity index (χ1) is 13.4. The summed E-state index contributed by atoms with van der Waals surface area (Å²) < 4.78 is 53.3. The molecule has 0 aliphatic carbocycles. The minimum atomic E-state index is -3.66. The molecule has 0 radical (unpaired) electrons. The van der Waals surface area contributed by atoms with Crippen LogP contribution in [0.5, 0.6) is 5.88 Å². The molecule has 0 spiro atoms. The van der Waals surface area contributed by atoms with Crippen LogP contribution in [-0.4, -0.2) is 58.9 Å². The molecular formula is C19H23F3N4O3. The van der Waals surface area contributed by atoms with Crippen LogP contribution in [0.1, 0.15) is 17.0 Å². The maximum atomic E-state index is 16.2. The molecule has 0 bridgehead atoms. The lowest BCUT2D eigenvalue weighted by Gasteiger charge is -2.53. The van der Waals surface area contributed by atoms with Gasteiger partial charge in [0.25, 0.3) is 11.4 Å². The van der Waals surface area contributed by atoms with E-state index in [0.29, 0.717) is 0 Å². The summed E-state index contributed by atoms with van der Waals surface area (Å²) in [5, 5.41) is 0. The van der Waals surface area contributed by atoms with E-state index in [1.807, 2.05) is 0 Å². The molecule has 3 rings (SSSR count). The molecule has 0 fully saturated rings. The van der Waals surface area contributed by atoms with E-state index in [1.165, 1.54) is 64.2 Å². The average molecular weight is 412 g/mol. The molecular weight excluding hydrogens is 389 g/mol. The highest BCUT2D eigenvalue weighted by molar-refractivity contribution is 5.44. The average Bonchev–Trinajstić information content (AvgIpc) is 2.64. The zero-order valence-corrected chi connectivity index (χ0v) is 17.0. The number of nitrogens with zero attached hydrogens (tertiary/aromatic N) is 4. The van der Waals surface area contributed by atoms with Gasteiger partial charge in [-0.1, -0.05) is 12.1 Å². The second kappa shape index (κ2) is 6.74. The monoisotopic (exact) mass is 412 g/mol. The summed E-state index contributed by atoms with van der Waals surface area (Å²) in [6, 6.07) is 4.53. The number of halogens is 3. The Kier molecular flexibility index (Phi) is 4.91. The van der Waals surface area contributed by atoms with Crippen molar-refractivity contribution in [2.45, 2.75) is 17.7 Å². The van der Waals surface area contributed by atoms with E-state index < -0.39 is 34.8 Å². The third-order valence-corrected chi connectivity index (χ3v) is 5.38. The quantitative estimate of drug-likeness (QED) is 0.709. The molecule has 0 N–H and O–H groups in total. The third kappa shape index (κ3) is 2.73. The Bertz CT molecular complexity index is 1050. The van der Waals surface area contributed by atoms with Crippen molar-refractivity contribution in [3.63, 3.8) is 0 Å². The third-order valence-electron chi connectivity index (χ3n) is 5.38. The second-order valence-corrected chi connectivity index (χ2v) is 7.53. The van der Waals surface area contributed by atoms with E-state index in [0.717, 1.165) is 21.3 Å². The zero-order valence-electron chi connectivity index (χ0n) is 17.0. The largest absolute Gasteiger partial charge is 0.436 e. The highest BCUT2D eigenvalue weighted by Gasteiger charge is 2.69. The van der Waals surface area contributed by atoms with Crippen molar-refractivity contribution in [2.75, 3.05) is 28.2 Å². The number of alkyl halides is 2. The summed E-state index contributed by atoms with van der Waals surface area (Å²) in [6.07, 6.45) is 0. The first-order valence-corrected chi connectivity index (χ1v) is 8.85. The molecule has 2 aromatic rings. The Morgan fingerprint density at radius 1 is 0.966 bits per heavy atom. The van der Waals surface area contributed by atoms with E-state index in [2.05, 4.69) is 0 Å². The van der Waals surface area contributed by atoms with Crippen molar-refractivity contribution >= 4 is 0 Å². The van der Waals surface area contributed by atoms with Crippen LogP contribution < -0.4 is 16.0 Å². The Morgan fingerprint density at radius 3 is 1.97 bits per heavy atom. The van der Waals surface area contributed by atoms with E-state index >= 15 is 8.78 Å². The van der Waals surface area contributed by atoms with Crippen molar-refractivity contribution in [2.24, 2.45) is 14.1 Å². The minimum absolute atomic E-state index is 0.0322. The molecule has 1 aliphatic heterocycles. The van der Waals surface area contributed by atoms with Gasteiger partial charge in [-0.25, -0.2) is 9.18 Å². The number of ether oxygens (including phenoxy) is 1. The second-order valence-electron chi connectivity index (χ2n) is 7.53. The SMILES string of the molecule is CN(C)C1(N(C)C)Oc2c(c(=O)n(C)c(=O)n2C)C(c2ccc(F)cc2)C1(F)F. The summed E-state index contributed by atoms with van der Waals surface area (Å²) >= 11 is 0. The number of aromatic nitrogens is 2. The maximum absolute atomic E-state index is 16.2. The molecule has 1 aromatic carbocycles. The molecule has 0 amide bonds. The molecule has 1 aliphatic rings. The Labute approximate surface area is 165 Å². The van der Waals surface area contributed by atoms with Gasteiger partial charge in [-0.05, 0) is 45.9 Å². The lowest BCUT2D eigenvalue weighted by molar-refractivity contribution is -0.307. The van der Waals surface area contributed by atoms with Gasteiger partial charge in [0.15, 0.2) is 0 Å². The van der Waals surface area contributed by atoms with Crippen molar-refractivity contribution in [1.82, 2.24) is 18.9 Å². The van der Waals surface area contributed by atoms with E-state index in [1.54, 1.807) is 0 Å². The lowest BCUT2D eigenvalue weighted by atomic mass is 9.81. The molecule has 2 heterocycles. The molecule has 1 aromatic heterocycles. The van der Waals surface area contributed by atoms with Gasteiger partial charge in [-0.3, -0.25) is 23.7 Å². The maximum Gasteiger partial charge on any atom is 0.333 e. The molecule has 1 unspecified atom stereocenters. The van der Waals surface area contributed by atoms with Gasteiger partial charge in [0.2, 0.25) is 5.88 Å². The Morgan fingerprint density at radius 2 is 1.48 bits per heavy atom. The van der Waals surface area contributed by atoms with Crippen LogP contribution in [-0.2, 0) is 14.1 Å². The topological polar surface area (TPSA) is 59.7 Å². The number of fused-ring (bicyclic) bond motifs is 1. The molecule has 7 nitrogen and oxygen atoms in total. The fraction of sp³-hybridized carbons (Fsp3) is 0.474. The molecule has 158 valence electrons. The molecule has 10 heteroatoms. The normalized spacial score (nSPS) is 19.9. The van der Waals surface area contributed by atoms with Crippen LogP contribution in [0.25, 0.3) is 0 Å².